The molecule has 1 N–H and O–H groups in total. The van der Waals surface area contributed by atoms with Crippen molar-refractivity contribution in [2.45, 2.75) is 4.90 Å². The smallest absolute Gasteiger partial charge is 0.240 e. The fourth-order valence-electron chi connectivity index (χ4n) is 2.48. The number of methoxy groups -OCH3 is 2. The van der Waals surface area contributed by atoms with Gasteiger partial charge in [0.05, 0.1) is 19.1 Å². The lowest BCUT2D eigenvalue weighted by atomic mass is 10.3. The summed E-state index contributed by atoms with van der Waals surface area (Å²) in [5.74, 6) is 0.901. The molecule has 2 rings (SSSR count). The van der Waals surface area contributed by atoms with Crippen molar-refractivity contribution >= 4 is 22.4 Å². The van der Waals surface area contributed by atoms with Crippen LogP contribution in [-0.4, -0.2) is 78.8 Å². The van der Waals surface area contributed by atoms with Gasteiger partial charge in [0.15, 0.2) is 11.5 Å². The second-order valence-corrected chi connectivity index (χ2v) is 7.33. The fourth-order valence-corrected chi connectivity index (χ4v) is 3.51. The topological polar surface area (TPSA) is 71.1 Å². The second kappa shape index (κ2) is 9.43. The minimum absolute atomic E-state index is 0. The van der Waals surface area contributed by atoms with Crippen LogP contribution in [0.1, 0.15) is 0 Å². The Morgan fingerprint density at radius 2 is 1.71 bits per heavy atom. The van der Waals surface area contributed by atoms with Gasteiger partial charge in [-0.2, -0.15) is 0 Å². The largest absolute Gasteiger partial charge is 0.493 e. The van der Waals surface area contributed by atoms with Gasteiger partial charge < -0.3 is 14.4 Å². The van der Waals surface area contributed by atoms with Crippen molar-refractivity contribution in [1.29, 1.82) is 0 Å². The lowest BCUT2D eigenvalue weighted by Crippen LogP contribution is -2.46. The highest BCUT2D eigenvalue weighted by atomic mass is 35.5. The average Bonchev–Trinajstić information content (AvgIpc) is 2.55. The van der Waals surface area contributed by atoms with Gasteiger partial charge in [-0.3, -0.25) is 4.90 Å². The molecule has 0 atom stereocenters. The van der Waals surface area contributed by atoms with Crippen molar-refractivity contribution in [1.82, 2.24) is 14.5 Å². The minimum atomic E-state index is -3.55. The number of rotatable bonds is 7. The minimum Gasteiger partial charge on any atom is -0.493 e. The number of piperazine rings is 1. The predicted octanol–water partition coefficient (Wildman–Crippen LogP) is 0.651. The maximum atomic E-state index is 12.4. The molecule has 1 aliphatic rings. The Morgan fingerprint density at radius 3 is 2.29 bits per heavy atom. The maximum absolute atomic E-state index is 12.4. The molecule has 0 bridgehead atoms. The second-order valence-electron chi connectivity index (χ2n) is 5.56. The van der Waals surface area contributed by atoms with Crippen LogP contribution in [0.5, 0.6) is 11.5 Å². The molecule has 0 aliphatic carbocycles. The first-order valence-electron chi connectivity index (χ1n) is 7.59. The van der Waals surface area contributed by atoms with E-state index in [1.165, 1.54) is 26.4 Å². The third-order valence-electron chi connectivity index (χ3n) is 3.98. The van der Waals surface area contributed by atoms with E-state index in [4.69, 9.17) is 9.47 Å². The van der Waals surface area contributed by atoms with Crippen molar-refractivity contribution in [2.24, 2.45) is 0 Å². The number of likely N-dealkylation sites (N-methyl/N-ethyl adjacent to an activating group) is 1. The predicted molar refractivity (Wildman–Crippen MR) is 95.9 cm³/mol. The van der Waals surface area contributed by atoms with E-state index in [1.54, 1.807) is 6.07 Å². The number of halogens is 1. The molecule has 1 saturated heterocycles. The SMILES string of the molecule is COc1ccc(S(=O)(=O)NCCN2CCN(C)CC2)cc1OC.Cl. The number of ether oxygens (including phenoxy) is 2. The van der Waals surface area contributed by atoms with Crippen molar-refractivity contribution < 1.29 is 17.9 Å². The number of nitrogens with zero attached hydrogens (tertiary/aromatic N) is 2. The summed E-state index contributed by atoms with van der Waals surface area (Å²) in [6.07, 6.45) is 0. The third-order valence-corrected chi connectivity index (χ3v) is 5.44. The molecule has 138 valence electrons. The zero-order valence-electron chi connectivity index (χ0n) is 14.3. The fraction of sp³-hybridized carbons (Fsp3) is 0.600. The van der Waals surface area contributed by atoms with Crippen LogP contribution in [-0.2, 0) is 10.0 Å². The maximum Gasteiger partial charge on any atom is 0.240 e. The van der Waals surface area contributed by atoms with E-state index in [1.807, 2.05) is 0 Å². The number of sulfonamides is 1. The van der Waals surface area contributed by atoms with E-state index < -0.39 is 10.0 Å². The molecule has 0 amide bonds. The van der Waals surface area contributed by atoms with Crippen LogP contribution in [0.15, 0.2) is 23.1 Å². The molecular formula is C15H26ClN3O4S. The zero-order chi connectivity index (χ0) is 16.9. The molecule has 0 saturated carbocycles. The zero-order valence-corrected chi connectivity index (χ0v) is 16.0. The molecule has 0 unspecified atom stereocenters. The van der Waals surface area contributed by atoms with Crippen LogP contribution < -0.4 is 14.2 Å². The summed E-state index contributed by atoms with van der Waals surface area (Å²) in [6, 6.07) is 4.57. The van der Waals surface area contributed by atoms with Crippen molar-refractivity contribution in [2.75, 3.05) is 60.5 Å². The van der Waals surface area contributed by atoms with E-state index in [2.05, 4.69) is 21.6 Å². The molecule has 1 aliphatic heterocycles. The summed E-state index contributed by atoms with van der Waals surface area (Å²) in [4.78, 5) is 4.70. The van der Waals surface area contributed by atoms with Gasteiger partial charge in [-0.25, -0.2) is 13.1 Å². The van der Waals surface area contributed by atoms with E-state index in [0.717, 1.165) is 26.2 Å². The first-order chi connectivity index (χ1) is 11.0. The van der Waals surface area contributed by atoms with Crippen molar-refractivity contribution in [3.8, 4) is 11.5 Å². The van der Waals surface area contributed by atoms with E-state index in [9.17, 15) is 8.42 Å². The summed E-state index contributed by atoms with van der Waals surface area (Å²) in [5, 5.41) is 0. The van der Waals surface area contributed by atoms with E-state index >= 15 is 0 Å². The van der Waals surface area contributed by atoms with Gasteiger partial charge in [0.2, 0.25) is 10.0 Å². The van der Waals surface area contributed by atoms with Crippen LogP contribution in [0.4, 0.5) is 0 Å². The highest BCUT2D eigenvalue weighted by Gasteiger charge is 2.18. The lowest BCUT2D eigenvalue weighted by molar-refractivity contribution is 0.156. The lowest BCUT2D eigenvalue weighted by Gasteiger charge is -2.32. The molecule has 0 radical (unpaired) electrons. The van der Waals surface area contributed by atoms with Gasteiger partial charge in [0.1, 0.15) is 0 Å². The monoisotopic (exact) mass is 379 g/mol. The standard InChI is InChI=1S/C15H25N3O4S.ClH/c1-17-8-10-18(11-9-17)7-6-16-23(19,20)13-4-5-14(21-2)15(12-13)22-3;/h4-5,12,16H,6-11H2,1-3H3;1H. The third kappa shape index (κ3) is 5.49. The molecule has 0 aromatic heterocycles. The first-order valence-corrected chi connectivity index (χ1v) is 9.07. The molecule has 1 aromatic carbocycles. The van der Waals surface area contributed by atoms with Gasteiger partial charge in [-0.05, 0) is 19.2 Å². The Morgan fingerprint density at radius 1 is 1.08 bits per heavy atom. The van der Waals surface area contributed by atoms with Crippen molar-refractivity contribution in [3.63, 3.8) is 0 Å². The number of hydrogen-bond acceptors (Lipinski definition) is 6. The number of benzene rings is 1. The molecule has 9 heteroatoms. The van der Waals surface area contributed by atoms with Crippen LogP contribution in [0.2, 0.25) is 0 Å². The number of nitrogens with one attached hydrogen (secondary N) is 1. The van der Waals surface area contributed by atoms with E-state index in [0.29, 0.717) is 24.6 Å². The summed E-state index contributed by atoms with van der Waals surface area (Å²) < 4.78 is 37.6. The molecule has 1 fully saturated rings. The van der Waals surface area contributed by atoms with Gasteiger partial charge in [-0.15, -0.1) is 12.4 Å². The summed E-state index contributed by atoms with van der Waals surface area (Å²) >= 11 is 0. The highest BCUT2D eigenvalue weighted by Crippen LogP contribution is 2.29. The summed E-state index contributed by atoms with van der Waals surface area (Å²) in [6.45, 7) is 5.06. The molecule has 1 heterocycles. The van der Waals surface area contributed by atoms with Gasteiger partial charge in [0.25, 0.3) is 0 Å². The van der Waals surface area contributed by atoms with Gasteiger partial charge in [0, 0.05) is 45.3 Å². The van der Waals surface area contributed by atoms with Crippen molar-refractivity contribution in [3.05, 3.63) is 18.2 Å². The Labute approximate surface area is 150 Å². The Hall–Kier alpha value is -1.06. The molecule has 7 nitrogen and oxygen atoms in total. The Balaban J connectivity index is 0.00000288. The molecule has 0 spiro atoms. The average molecular weight is 380 g/mol. The van der Waals surface area contributed by atoms with Gasteiger partial charge >= 0.3 is 0 Å². The van der Waals surface area contributed by atoms with Crippen LogP contribution >= 0.6 is 12.4 Å². The Bertz CT molecular complexity index is 619. The molecular weight excluding hydrogens is 354 g/mol. The summed E-state index contributed by atoms with van der Waals surface area (Å²) in [7, 11) is 1.54. The number of hydrogen-bond donors (Lipinski definition) is 1. The molecule has 1 aromatic rings. The first kappa shape index (κ1) is 21.0. The van der Waals surface area contributed by atoms with Crippen LogP contribution in [0, 0.1) is 0 Å². The van der Waals surface area contributed by atoms with Crippen LogP contribution in [0.3, 0.4) is 0 Å². The molecule has 24 heavy (non-hydrogen) atoms. The normalized spacial score (nSPS) is 16.5. The van der Waals surface area contributed by atoms with Crippen LogP contribution in [0.25, 0.3) is 0 Å². The Kier molecular flexibility index (Phi) is 8.24. The van der Waals surface area contributed by atoms with Gasteiger partial charge in [-0.1, -0.05) is 0 Å². The quantitative estimate of drug-likeness (QED) is 0.750. The van der Waals surface area contributed by atoms with E-state index in [-0.39, 0.29) is 17.3 Å². The highest BCUT2D eigenvalue weighted by molar-refractivity contribution is 7.89. The summed E-state index contributed by atoms with van der Waals surface area (Å²) in [5.41, 5.74) is 0.